The molecule has 7 heteroatoms. The number of hydrogen-bond donors (Lipinski definition) is 2. The second-order valence-corrected chi connectivity index (χ2v) is 7.98. The van der Waals surface area contributed by atoms with E-state index in [2.05, 4.69) is 0 Å². The summed E-state index contributed by atoms with van der Waals surface area (Å²) in [6.07, 6.45) is -0.642. The number of nitrogens with zero attached hydrogens (tertiary/aromatic N) is 2. The molecule has 0 amide bonds. The normalized spacial score (nSPS) is 23.8. The Kier molecular flexibility index (Phi) is 4.88. The average Bonchev–Trinajstić information content (AvgIpc) is 2.68. The van der Waals surface area contributed by atoms with Gasteiger partial charge in [0.25, 0.3) is 0 Å². The van der Waals surface area contributed by atoms with Crippen molar-refractivity contribution >= 4 is 10.0 Å². The molecule has 1 aromatic carbocycles. The first kappa shape index (κ1) is 16.2. The lowest BCUT2D eigenvalue weighted by Gasteiger charge is -2.18. The largest absolute Gasteiger partial charge is 0.508 e. The molecule has 0 aliphatic carbocycles. The van der Waals surface area contributed by atoms with E-state index in [1.165, 1.54) is 18.4 Å². The van der Waals surface area contributed by atoms with Crippen molar-refractivity contribution in [3.05, 3.63) is 29.8 Å². The Morgan fingerprint density at radius 1 is 1.33 bits per heavy atom. The van der Waals surface area contributed by atoms with Gasteiger partial charge in [-0.1, -0.05) is 12.1 Å². The Balaban J connectivity index is 1.98. The fourth-order valence-corrected chi connectivity index (χ4v) is 3.73. The maximum absolute atomic E-state index is 11.9. The zero-order chi connectivity index (χ0) is 15.6. The molecule has 0 bridgehead atoms. The van der Waals surface area contributed by atoms with Crippen molar-refractivity contribution < 1.29 is 18.6 Å². The highest BCUT2D eigenvalue weighted by Crippen LogP contribution is 2.22. The maximum atomic E-state index is 11.9. The number of aliphatic hydroxyl groups is 1. The number of likely N-dealkylation sites (tertiary alicyclic amines) is 1. The molecular weight excluding hydrogens is 292 g/mol. The minimum absolute atomic E-state index is 0.0439. The second kappa shape index (κ2) is 6.31. The fourth-order valence-electron chi connectivity index (χ4n) is 2.57. The molecule has 1 heterocycles. The van der Waals surface area contributed by atoms with Crippen LogP contribution >= 0.6 is 0 Å². The van der Waals surface area contributed by atoms with Crippen LogP contribution in [0.25, 0.3) is 0 Å². The Labute approximate surface area is 125 Å². The Morgan fingerprint density at radius 2 is 2.05 bits per heavy atom. The summed E-state index contributed by atoms with van der Waals surface area (Å²) in [7, 11) is -0.309. The third-order valence-corrected chi connectivity index (χ3v) is 5.74. The van der Waals surface area contributed by atoms with E-state index in [0.717, 1.165) is 5.56 Å². The molecule has 0 unspecified atom stereocenters. The summed E-state index contributed by atoms with van der Waals surface area (Å²) in [6.45, 7) is 1.57. The highest BCUT2D eigenvalue weighted by Gasteiger charge is 2.35. The van der Waals surface area contributed by atoms with E-state index in [0.29, 0.717) is 19.6 Å². The standard InChI is InChI=1S/C14H22N2O4S/c1-15(2)21(19,20)10-12-8-16(9-14(12)18)7-11-4-3-5-13(17)6-11/h3-6,12,14,17-18H,7-10H2,1-2H3/t12-,14-/m0/s1. The summed E-state index contributed by atoms with van der Waals surface area (Å²) in [5.41, 5.74) is 0.943. The number of sulfonamides is 1. The molecule has 0 saturated carbocycles. The number of β-amino-alcohol motifs (C(OH)–C–C–N with tert-alkyl or cyclic N) is 1. The van der Waals surface area contributed by atoms with Gasteiger partial charge in [0.05, 0.1) is 11.9 Å². The number of aromatic hydroxyl groups is 1. The lowest BCUT2D eigenvalue weighted by atomic mass is 10.1. The first-order chi connectivity index (χ1) is 9.78. The predicted molar refractivity (Wildman–Crippen MR) is 80.4 cm³/mol. The summed E-state index contributed by atoms with van der Waals surface area (Å²) >= 11 is 0. The van der Waals surface area contributed by atoms with E-state index >= 15 is 0 Å². The van der Waals surface area contributed by atoms with Crippen molar-refractivity contribution in [2.45, 2.75) is 12.6 Å². The van der Waals surface area contributed by atoms with Crippen molar-refractivity contribution in [1.82, 2.24) is 9.21 Å². The number of phenols is 1. The highest BCUT2D eigenvalue weighted by atomic mass is 32.2. The van der Waals surface area contributed by atoms with Crippen LogP contribution in [0.4, 0.5) is 0 Å². The smallest absolute Gasteiger partial charge is 0.214 e. The van der Waals surface area contributed by atoms with Gasteiger partial charge in [0, 0.05) is 39.6 Å². The van der Waals surface area contributed by atoms with Gasteiger partial charge in [0.2, 0.25) is 10.0 Å². The summed E-state index contributed by atoms with van der Waals surface area (Å²) in [5.74, 6) is -0.119. The van der Waals surface area contributed by atoms with Crippen LogP contribution in [0, 0.1) is 5.92 Å². The molecule has 21 heavy (non-hydrogen) atoms. The lowest BCUT2D eigenvalue weighted by Crippen LogP contribution is -2.33. The minimum atomic E-state index is -3.31. The van der Waals surface area contributed by atoms with E-state index in [9.17, 15) is 18.6 Å². The molecule has 0 spiro atoms. The van der Waals surface area contributed by atoms with E-state index in [1.807, 2.05) is 11.0 Å². The fraction of sp³-hybridized carbons (Fsp3) is 0.571. The Bertz CT molecular complexity index is 588. The molecular formula is C14H22N2O4S. The van der Waals surface area contributed by atoms with Gasteiger partial charge in [0.1, 0.15) is 5.75 Å². The average molecular weight is 314 g/mol. The quantitative estimate of drug-likeness (QED) is 0.804. The minimum Gasteiger partial charge on any atom is -0.508 e. The molecule has 118 valence electrons. The third kappa shape index (κ3) is 4.16. The van der Waals surface area contributed by atoms with Gasteiger partial charge in [-0.3, -0.25) is 4.90 Å². The number of hydrogen-bond acceptors (Lipinski definition) is 5. The van der Waals surface area contributed by atoms with E-state index < -0.39 is 16.1 Å². The van der Waals surface area contributed by atoms with Crippen molar-refractivity contribution in [2.24, 2.45) is 5.92 Å². The van der Waals surface area contributed by atoms with Crippen LogP contribution in [0.15, 0.2) is 24.3 Å². The summed E-state index contributed by atoms with van der Waals surface area (Å²) in [6, 6.07) is 6.95. The van der Waals surface area contributed by atoms with Gasteiger partial charge < -0.3 is 10.2 Å². The Hall–Kier alpha value is -1.15. The molecule has 1 saturated heterocycles. The topological polar surface area (TPSA) is 81.1 Å². The van der Waals surface area contributed by atoms with Gasteiger partial charge >= 0.3 is 0 Å². The van der Waals surface area contributed by atoms with Crippen LogP contribution < -0.4 is 0 Å². The molecule has 2 N–H and O–H groups in total. The monoisotopic (exact) mass is 314 g/mol. The molecule has 6 nitrogen and oxygen atoms in total. The molecule has 0 aromatic heterocycles. The summed E-state index contributed by atoms with van der Waals surface area (Å²) in [4.78, 5) is 2.01. The van der Waals surface area contributed by atoms with Gasteiger partial charge in [-0.05, 0) is 17.7 Å². The van der Waals surface area contributed by atoms with Crippen molar-refractivity contribution in [3.8, 4) is 5.75 Å². The SMILES string of the molecule is CN(C)S(=O)(=O)C[C@@H]1CN(Cc2cccc(O)c2)C[C@@H]1O. The molecule has 0 radical (unpaired) electrons. The van der Waals surface area contributed by atoms with E-state index in [-0.39, 0.29) is 17.4 Å². The van der Waals surface area contributed by atoms with Crippen molar-refractivity contribution in [3.63, 3.8) is 0 Å². The van der Waals surface area contributed by atoms with E-state index in [4.69, 9.17) is 0 Å². The summed E-state index contributed by atoms with van der Waals surface area (Å²) < 4.78 is 25.0. The number of benzene rings is 1. The maximum Gasteiger partial charge on any atom is 0.214 e. The molecule has 2 rings (SSSR count). The second-order valence-electron chi connectivity index (χ2n) is 5.75. The molecule has 1 aliphatic heterocycles. The van der Waals surface area contributed by atoms with Crippen LogP contribution in [0.1, 0.15) is 5.56 Å². The molecule has 1 aromatic rings. The molecule has 2 atom stereocenters. The summed E-state index contributed by atoms with van der Waals surface area (Å²) in [5, 5.41) is 19.5. The highest BCUT2D eigenvalue weighted by molar-refractivity contribution is 7.89. The van der Waals surface area contributed by atoms with E-state index in [1.54, 1.807) is 18.2 Å². The van der Waals surface area contributed by atoms with Gasteiger partial charge in [-0.15, -0.1) is 0 Å². The lowest BCUT2D eigenvalue weighted by molar-refractivity contribution is 0.148. The van der Waals surface area contributed by atoms with Crippen molar-refractivity contribution in [2.75, 3.05) is 32.9 Å². The number of phenolic OH excluding ortho intramolecular Hbond substituents is 1. The zero-order valence-corrected chi connectivity index (χ0v) is 13.1. The number of aliphatic hydroxyl groups excluding tert-OH is 1. The van der Waals surface area contributed by atoms with Crippen LogP contribution in [-0.4, -0.2) is 66.9 Å². The predicted octanol–water partition coefficient (Wildman–Crippen LogP) is 0.0763. The first-order valence-electron chi connectivity index (χ1n) is 6.86. The van der Waals surface area contributed by atoms with Gasteiger partial charge in [0.15, 0.2) is 0 Å². The van der Waals surface area contributed by atoms with Crippen LogP contribution in [0.5, 0.6) is 5.75 Å². The van der Waals surface area contributed by atoms with Crippen molar-refractivity contribution in [1.29, 1.82) is 0 Å². The van der Waals surface area contributed by atoms with Crippen LogP contribution in [0.3, 0.4) is 0 Å². The van der Waals surface area contributed by atoms with Crippen LogP contribution in [0.2, 0.25) is 0 Å². The zero-order valence-electron chi connectivity index (χ0n) is 12.3. The molecule has 1 aliphatic rings. The Morgan fingerprint density at radius 3 is 2.67 bits per heavy atom. The third-order valence-electron chi connectivity index (χ3n) is 3.78. The van der Waals surface area contributed by atoms with Gasteiger partial charge in [-0.25, -0.2) is 12.7 Å². The first-order valence-corrected chi connectivity index (χ1v) is 8.47. The number of rotatable bonds is 5. The van der Waals surface area contributed by atoms with Gasteiger partial charge in [-0.2, -0.15) is 0 Å². The van der Waals surface area contributed by atoms with Crippen LogP contribution in [-0.2, 0) is 16.6 Å². The molecule has 1 fully saturated rings.